The lowest BCUT2D eigenvalue weighted by molar-refractivity contribution is 0.280. The number of halogens is 1. The number of hydrogen-bond acceptors (Lipinski definition) is 3. The van der Waals surface area contributed by atoms with Gasteiger partial charge < -0.3 is 15.4 Å². The van der Waals surface area contributed by atoms with Crippen molar-refractivity contribution in [3.05, 3.63) is 28.2 Å². The van der Waals surface area contributed by atoms with E-state index < -0.39 is 0 Å². The predicted molar refractivity (Wildman–Crippen MR) is 84.8 cm³/mol. The van der Waals surface area contributed by atoms with Crippen molar-refractivity contribution in [2.45, 2.75) is 32.2 Å². The van der Waals surface area contributed by atoms with Crippen molar-refractivity contribution in [2.75, 3.05) is 27.2 Å². The van der Waals surface area contributed by atoms with Gasteiger partial charge in [0.2, 0.25) is 0 Å². The molecule has 0 aliphatic heterocycles. The lowest BCUT2D eigenvalue weighted by atomic mass is 10.0. The highest BCUT2D eigenvalue weighted by Crippen LogP contribution is 2.26. The normalized spacial score (nSPS) is 12.7. The molecule has 0 amide bonds. The van der Waals surface area contributed by atoms with Crippen LogP contribution in [-0.2, 0) is 6.42 Å². The highest BCUT2D eigenvalue weighted by Gasteiger charge is 2.06. The molecule has 0 saturated heterocycles. The zero-order valence-electron chi connectivity index (χ0n) is 12.2. The summed E-state index contributed by atoms with van der Waals surface area (Å²) in [6.07, 6.45) is 2.94. The van der Waals surface area contributed by atoms with Gasteiger partial charge in [-0.25, -0.2) is 0 Å². The molecule has 19 heavy (non-hydrogen) atoms. The van der Waals surface area contributed by atoms with E-state index in [9.17, 15) is 0 Å². The van der Waals surface area contributed by atoms with Crippen molar-refractivity contribution in [2.24, 2.45) is 5.73 Å². The Morgan fingerprint density at radius 2 is 2.11 bits per heavy atom. The average Bonchev–Trinajstić information content (AvgIpc) is 2.36. The van der Waals surface area contributed by atoms with E-state index in [0.29, 0.717) is 0 Å². The summed E-state index contributed by atoms with van der Waals surface area (Å²) in [5.74, 6) is 0.910. The molecule has 2 N–H and O–H groups in total. The average molecular weight is 329 g/mol. The van der Waals surface area contributed by atoms with Crippen molar-refractivity contribution >= 4 is 15.9 Å². The minimum Gasteiger partial charge on any atom is -0.492 e. The standard InChI is InChI=1S/C15H25BrN2O/c1-4-13(17)10-12-6-7-15(14(16)11-12)19-9-5-8-18(2)3/h6-7,11,13H,4-5,8-10,17H2,1-3H3. The highest BCUT2D eigenvalue weighted by molar-refractivity contribution is 9.10. The van der Waals surface area contributed by atoms with Crippen LogP contribution < -0.4 is 10.5 Å². The van der Waals surface area contributed by atoms with Crippen molar-refractivity contribution in [1.82, 2.24) is 4.90 Å². The summed E-state index contributed by atoms with van der Waals surface area (Å²) in [6, 6.07) is 6.47. The van der Waals surface area contributed by atoms with E-state index in [1.807, 2.05) is 6.07 Å². The molecule has 1 aromatic rings. The molecule has 108 valence electrons. The fourth-order valence-corrected chi connectivity index (χ4v) is 2.34. The van der Waals surface area contributed by atoms with Crippen LogP contribution in [0.25, 0.3) is 0 Å². The Labute approximate surface area is 125 Å². The minimum atomic E-state index is 0.235. The summed E-state index contributed by atoms with van der Waals surface area (Å²) >= 11 is 3.56. The summed E-state index contributed by atoms with van der Waals surface area (Å²) in [7, 11) is 4.14. The second kappa shape index (κ2) is 8.56. The van der Waals surface area contributed by atoms with Crippen LogP contribution in [0.2, 0.25) is 0 Å². The van der Waals surface area contributed by atoms with Gasteiger partial charge in [0.05, 0.1) is 11.1 Å². The molecule has 0 saturated carbocycles. The summed E-state index contributed by atoms with van der Waals surface area (Å²) in [5, 5.41) is 0. The van der Waals surface area contributed by atoms with E-state index in [-0.39, 0.29) is 6.04 Å². The maximum Gasteiger partial charge on any atom is 0.133 e. The van der Waals surface area contributed by atoms with Crippen LogP contribution in [-0.4, -0.2) is 38.2 Å². The van der Waals surface area contributed by atoms with Gasteiger partial charge in [-0.3, -0.25) is 0 Å². The number of benzene rings is 1. The summed E-state index contributed by atoms with van der Waals surface area (Å²) in [4.78, 5) is 2.16. The van der Waals surface area contributed by atoms with Gasteiger partial charge in [-0.1, -0.05) is 13.0 Å². The molecular formula is C15H25BrN2O. The molecular weight excluding hydrogens is 304 g/mol. The molecule has 3 nitrogen and oxygen atoms in total. The van der Waals surface area contributed by atoms with Crippen LogP contribution in [0.5, 0.6) is 5.75 Å². The fraction of sp³-hybridized carbons (Fsp3) is 0.600. The molecule has 0 spiro atoms. The number of hydrogen-bond donors (Lipinski definition) is 1. The second-order valence-electron chi connectivity index (χ2n) is 5.14. The molecule has 1 atom stereocenters. The smallest absolute Gasteiger partial charge is 0.133 e. The van der Waals surface area contributed by atoms with E-state index in [0.717, 1.165) is 42.6 Å². The lowest BCUT2D eigenvalue weighted by Crippen LogP contribution is -2.21. The molecule has 1 aromatic carbocycles. The SMILES string of the molecule is CCC(N)Cc1ccc(OCCCN(C)C)c(Br)c1. The van der Waals surface area contributed by atoms with E-state index in [4.69, 9.17) is 10.5 Å². The van der Waals surface area contributed by atoms with Crippen molar-refractivity contribution in [3.8, 4) is 5.75 Å². The van der Waals surface area contributed by atoms with Gasteiger partial charge >= 0.3 is 0 Å². The first-order valence-corrected chi connectivity index (χ1v) is 7.63. The third kappa shape index (κ3) is 6.41. The predicted octanol–water partition coefficient (Wildman–Crippen LogP) is 3.06. The topological polar surface area (TPSA) is 38.5 Å². The van der Waals surface area contributed by atoms with Crippen LogP contribution in [0.3, 0.4) is 0 Å². The molecule has 0 aromatic heterocycles. The monoisotopic (exact) mass is 328 g/mol. The molecule has 0 aliphatic carbocycles. The van der Waals surface area contributed by atoms with Gasteiger partial charge in [-0.2, -0.15) is 0 Å². The maximum atomic E-state index is 5.97. The Balaban J connectivity index is 2.48. The molecule has 0 bridgehead atoms. The number of nitrogens with two attached hydrogens (primary N) is 1. The van der Waals surface area contributed by atoms with Crippen LogP contribution in [0.1, 0.15) is 25.3 Å². The highest BCUT2D eigenvalue weighted by atomic mass is 79.9. The summed E-state index contributed by atoms with van der Waals surface area (Å²) in [6.45, 7) is 3.90. The van der Waals surface area contributed by atoms with Crippen LogP contribution in [0.4, 0.5) is 0 Å². The molecule has 0 heterocycles. The number of ether oxygens (including phenoxy) is 1. The molecule has 1 unspecified atom stereocenters. The summed E-state index contributed by atoms with van der Waals surface area (Å²) < 4.78 is 6.78. The zero-order valence-corrected chi connectivity index (χ0v) is 13.7. The van der Waals surface area contributed by atoms with Gasteiger partial charge in [0.1, 0.15) is 5.75 Å². The van der Waals surface area contributed by atoms with Crippen LogP contribution in [0, 0.1) is 0 Å². The number of rotatable bonds is 8. The van der Waals surface area contributed by atoms with Crippen LogP contribution in [0.15, 0.2) is 22.7 Å². The van der Waals surface area contributed by atoms with Crippen molar-refractivity contribution < 1.29 is 4.74 Å². The van der Waals surface area contributed by atoms with Gasteiger partial charge in [0.15, 0.2) is 0 Å². The van der Waals surface area contributed by atoms with Crippen molar-refractivity contribution in [3.63, 3.8) is 0 Å². The minimum absolute atomic E-state index is 0.235. The van der Waals surface area contributed by atoms with Crippen molar-refractivity contribution in [1.29, 1.82) is 0 Å². The van der Waals surface area contributed by atoms with Crippen LogP contribution >= 0.6 is 15.9 Å². The Morgan fingerprint density at radius 3 is 2.68 bits per heavy atom. The Bertz CT molecular complexity index is 382. The van der Waals surface area contributed by atoms with Gasteiger partial charge in [0.25, 0.3) is 0 Å². The maximum absolute atomic E-state index is 5.97. The van der Waals surface area contributed by atoms with Gasteiger partial charge in [0, 0.05) is 12.6 Å². The van der Waals surface area contributed by atoms with E-state index in [1.54, 1.807) is 0 Å². The largest absolute Gasteiger partial charge is 0.492 e. The zero-order chi connectivity index (χ0) is 14.3. The Kier molecular flexibility index (Phi) is 7.42. The van der Waals surface area contributed by atoms with E-state index in [2.05, 4.69) is 54.0 Å². The second-order valence-corrected chi connectivity index (χ2v) is 6.00. The van der Waals surface area contributed by atoms with E-state index in [1.165, 1.54) is 5.56 Å². The molecule has 0 fully saturated rings. The fourth-order valence-electron chi connectivity index (χ4n) is 1.80. The van der Waals surface area contributed by atoms with Gasteiger partial charge in [-0.05, 0) is 67.0 Å². The first-order chi connectivity index (χ1) is 9.02. The summed E-state index contributed by atoms with van der Waals surface area (Å²) in [5.41, 5.74) is 7.22. The Morgan fingerprint density at radius 1 is 1.37 bits per heavy atom. The molecule has 0 radical (unpaired) electrons. The first kappa shape index (κ1) is 16.5. The first-order valence-electron chi connectivity index (χ1n) is 6.84. The Hall–Kier alpha value is -0.580. The third-order valence-electron chi connectivity index (χ3n) is 3.03. The van der Waals surface area contributed by atoms with E-state index >= 15 is 0 Å². The lowest BCUT2D eigenvalue weighted by Gasteiger charge is -2.13. The molecule has 1 rings (SSSR count). The quantitative estimate of drug-likeness (QED) is 0.745. The molecule has 0 aliphatic rings. The molecule has 4 heteroatoms. The van der Waals surface area contributed by atoms with Gasteiger partial charge in [-0.15, -0.1) is 0 Å². The number of nitrogens with zero attached hydrogens (tertiary/aromatic N) is 1. The third-order valence-corrected chi connectivity index (χ3v) is 3.65.